The smallest absolute Gasteiger partial charge is 0.151 e. The molecule has 0 saturated carbocycles. The topological polar surface area (TPSA) is 46.2 Å². The van der Waals surface area contributed by atoms with E-state index in [0.717, 1.165) is 25.8 Å². The first kappa shape index (κ1) is 12.2. The van der Waals surface area contributed by atoms with Crippen LogP contribution in [0.2, 0.25) is 0 Å². The Bertz CT molecular complexity index is 538. The van der Waals surface area contributed by atoms with E-state index >= 15 is 0 Å². The van der Waals surface area contributed by atoms with Gasteiger partial charge < -0.3 is 5.32 Å². The molecule has 3 rings (SSSR count). The highest BCUT2D eigenvalue weighted by atomic mass is 32.2. The van der Waals surface area contributed by atoms with E-state index in [4.69, 9.17) is 0 Å². The van der Waals surface area contributed by atoms with Crippen molar-refractivity contribution in [2.75, 3.05) is 18.1 Å². The molecule has 18 heavy (non-hydrogen) atoms. The van der Waals surface area contributed by atoms with Gasteiger partial charge in [0.25, 0.3) is 0 Å². The van der Waals surface area contributed by atoms with E-state index in [1.807, 2.05) is 0 Å². The van der Waals surface area contributed by atoms with E-state index in [1.165, 1.54) is 11.1 Å². The molecule has 2 unspecified atom stereocenters. The molecule has 2 atom stereocenters. The van der Waals surface area contributed by atoms with Gasteiger partial charge in [0.05, 0.1) is 11.5 Å². The molecule has 1 aromatic carbocycles. The van der Waals surface area contributed by atoms with Crippen LogP contribution in [0.15, 0.2) is 24.3 Å². The Morgan fingerprint density at radius 1 is 1.28 bits per heavy atom. The molecule has 1 fully saturated rings. The maximum absolute atomic E-state index is 11.5. The van der Waals surface area contributed by atoms with Gasteiger partial charge in [-0.25, -0.2) is 8.42 Å². The summed E-state index contributed by atoms with van der Waals surface area (Å²) in [6.45, 7) is 0.914. The highest BCUT2D eigenvalue weighted by Gasteiger charge is 2.28. The Labute approximate surface area is 109 Å². The predicted octanol–water partition coefficient (Wildman–Crippen LogP) is 1.49. The molecule has 2 aliphatic rings. The van der Waals surface area contributed by atoms with E-state index < -0.39 is 9.84 Å². The van der Waals surface area contributed by atoms with E-state index in [-0.39, 0.29) is 6.04 Å². The van der Waals surface area contributed by atoms with Crippen LogP contribution < -0.4 is 5.32 Å². The fraction of sp³-hybridized carbons (Fsp3) is 0.571. The highest BCUT2D eigenvalue weighted by Crippen LogP contribution is 2.34. The van der Waals surface area contributed by atoms with Gasteiger partial charge in [-0.2, -0.15) is 0 Å². The largest absolute Gasteiger partial charge is 0.312 e. The molecule has 1 aromatic rings. The van der Waals surface area contributed by atoms with Gasteiger partial charge in [0.2, 0.25) is 0 Å². The summed E-state index contributed by atoms with van der Waals surface area (Å²) in [4.78, 5) is 0. The minimum atomic E-state index is -2.79. The number of sulfone groups is 1. The summed E-state index contributed by atoms with van der Waals surface area (Å²) in [5.74, 6) is 1.27. The first-order valence-corrected chi connectivity index (χ1v) is 8.48. The zero-order chi connectivity index (χ0) is 12.6. The summed E-state index contributed by atoms with van der Waals surface area (Å²) >= 11 is 0. The number of fused-ring (bicyclic) bond motifs is 1. The van der Waals surface area contributed by atoms with Crippen molar-refractivity contribution in [3.63, 3.8) is 0 Å². The van der Waals surface area contributed by atoms with Crippen molar-refractivity contribution in [2.45, 2.75) is 31.2 Å². The van der Waals surface area contributed by atoms with Gasteiger partial charge in [0.1, 0.15) is 0 Å². The van der Waals surface area contributed by atoms with Gasteiger partial charge in [-0.05, 0) is 30.4 Å². The van der Waals surface area contributed by atoms with Crippen molar-refractivity contribution in [2.24, 2.45) is 0 Å². The first-order valence-electron chi connectivity index (χ1n) is 6.66. The summed E-state index contributed by atoms with van der Waals surface area (Å²) in [6, 6.07) is 8.68. The number of hydrogen-bond donors (Lipinski definition) is 1. The normalized spacial score (nSPS) is 29.3. The minimum absolute atomic E-state index is 0.163. The summed E-state index contributed by atoms with van der Waals surface area (Å²) in [5.41, 5.74) is 2.88. The maximum Gasteiger partial charge on any atom is 0.151 e. The van der Waals surface area contributed by atoms with Gasteiger partial charge in [-0.15, -0.1) is 0 Å². The molecule has 1 heterocycles. The molecule has 1 aliphatic carbocycles. The third-order valence-corrected chi connectivity index (χ3v) is 5.90. The third kappa shape index (κ3) is 2.45. The van der Waals surface area contributed by atoms with Gasteiger partial charge >= 0.3 is 0 Å². The standard InChI is InChI=1S/C14H19NO2S/c16-18(17)7-3-5-13(10-18)15-9-12-8-11-4-1-2-6-14(11)12/h1-2,4,6,12-13,15H,3,5,7-10H2. The summed E-state index contributed by atoms with van der Waals surface area (Å²) in [7, 11) is -2.79. The molecular weight excluding hydrogens is 246 g/mol. The van der Waals surface area contributed by atoms with Crippen LogP contribution in [0.1, 0.15) is 29.9 Å². The van der Waals surface area contributed by atoms with E-state index in [0.29, 0.717) is 17.4 Å². The van der Waals surface area contributed by atoms with E-state index in [9.17, 15) is 8.42 Å². The maximum atomic E-state index is 11.5. The summed E-state index contributed by atoms with van der Waals surface area (Å²) in [6.07, 6.45) is 2.93. The molecule has 1 aliphatic heterocycles. The zero-order valence-corrected chi connectivity index (χ0v) is 11.2. The number of hydrogen-bond acceptors (Lipinski definition) is 3. The molecule has 0 bridgehead atoms. The highest BCUT2D eigenvalue weighted by molar-refractivity contribution is 7.91. The molecule has 3 nitrogen and oxygen atoms in total. The van der Waals surface area contributed by atoms with Crippen molar-refractivity contribution in [1.82, 2.24) is 5.32 Å². The Balaban J connectivity index is 1.54. The second-order valence-corrected chi connectivity index (χ2v) is 7.69. The fourth-order valence-electron chi connectivity index (χ4n) is 3.04. The summed E-state index contributed by atoms with van der Waals surface area (Å²) < 4.78 is 23.1. The molecular formula is C14H19NO2S. The van der Waals surface area contributed by atoms with E-state index in [2.05, 4.69) is 29.6 Å². The van der Waals surface area contributed by atoms with Crippen molar-refractivity contribution < 1.29 is 8.42 Å². The average Bonchev–Trinajstić information content (AvgIpc) is 2.29. The molecule has 0 radical (unpaired) electrons. The van der Waals surface area contributed by atoms with Gasteiger partial charge in [-0.1, -0.05) is 24.3 Å². The van der Waals surface area contributed by atoms with Crippen molar-refractivity contribution in [1.29, 1.82) is 0 Å². The molecule has 0 aromatic heterocycles. The Morgan fingerprint density at radius 3 is 2.89 bits per heavy atom. The van der Waals surface area contributed by atoms with Crippen LogP contribution in [-0.2, 0) is 16.3 Å². The van der Waals surface area contributed by atoms with Crippen LogP contribution in [0.3, 0.4) is 0 Å². The van der Waals surface area contributed by atoms with Crippen molar-refractivity contribution in [3.05, 3.63) is 35.4 Å². The first-order chi connectivity index (χ1) is 8.64. The Morgan fingerprint density at radius 2 is 2.11 bits per heavy atom. The average molecular weight is 265 g/mol. The van der Waals surface area contributed by atoms with Crippen LogP contribution in [0, 0.1) is 0 Å². The molecule has 1 N–H and O–H groups in total. The molecule has 0 amide bonds. The SMILES string of the molecule is O=S1(=O)CCCC(NCC2Cc3ccccc32)C1. The van der Waals surface area contributed by atoms with Crippen LogP contribution in [0.4, 0.5) is 0 Å². The Hall–Kier alpha value is -0.870. The van der Waals surface area contributed by atoms with Gasteiger partial charge in [0, 0.05) is 18.5 Å². The molecule has 0 spiro atoms. The number of nitrogens with one attached hydrogen (secondary N) is 1. The lowest BCUT2D eigenvalue weighted by molar-refractivity contribution is 0.444. The van der Waals surface area contributed by atoms with Crippen LogP contribution >= 0.6 is 0 Å². The number of benzene rings is 1. The van der Waals surface area contributed by atoms with Crippen LogP contribution in [0.5, 0.6) is 0 Å². The van der Waals surface area contributed by atoms with Gasteiger partial charge in [-0.3, -0.25) is 0 Å². The van der Waals surface area contributed by atoms with Gasteiger partial charge in [0.15, 0.2) is 9.84 Å². The molecule has 1 saturated heterocycles. The molecule has 98 valence electrons. The minimum Gasteiger partial charge on any atom is -0.312 e. The second kappa shape index (κ2) is 4.67. The van der Waals surface area contributed by atoms with Crippen molar-refractivity contribution >= 4 is 9.84 Å². The van der Waals surface area contributed by atoms with Crippen LogP contribution in [0.25, 0.3) is 0 Å². The Kier molecular flexibility index (Phi) is 3.16. The fourth-order valence-corrected chi connectivity index (χ4v) is 4.71. The predicted molar refractivity (Wildman–Crippen MR) is 72.6 cm³/mol. The quantitative estimate of drug-likeness (QED) is 0.901. The summed E-state index contributed by atoms with van der Waals surface area (Å²) in [5, 5.41) is 3.44. The van der Waals surface area contributed by atoms with Crippen LogP contribution in [-0.4, -0.2) is 32.5 Å². The lowest BCUT2D eigenvalue weighted by Gasteiger charge is -2.32. The lowest BCUT2D eigenvalue weighted by Crippen LogP contribution is -2.43. The third-order valence-electron chi connectivity index (χ3n) is 4.08. The van der Waals surface area contributed by atoms with Crippen molar-refractivity contribution in [3.8, 4) is 0 Å². The zero-order valence-electron chi connectivity index (χ0n) is 10.4. The molecule has 4 heteroatoms. The number of rotatable bonds is 3. The lowest BCUT2D eigenvalue weighted by atomic mass is 9.77. The monoisotopic (exact) mass is 265 g/mol. The second-order valence-electron chi connectivity index (χ2n) is 5.46. The van der Waals surface area contributed by atoms with E-state index in [1.54, 1.807) is 0 Å².